The maximum absolute atomic E-state index is 7.41. The highest BCUT2D eigenvalue weighted by Gasteiger charge is 2.47. The Labute approximate surface area is 321 Å². The Morgan fingerprint density at radius 3 is 1.04 bits per heavy atom. The van der Waals surface area contributed by atoms with Crippen LogP contribution in [0.5, 0.6) is 0 Å². The molecule has 0 aliphatic carbocycles. The summed E-state index contributed by atoms with van der Waals surface area (Å²) in [6.45, 7) is 50.8. The summed E-state index contributed by atoms with van der Waals surface area (Å²) in [6.07, 6.45) is 0. The van der Waals surface area contributed by atoms with E-state index in [1.165, 1.54) is 17.3 Å². The quantitative estimate of drug-likeness (QED) is 0.102. The van der Waals surface area contributed by atoms with Crippen LogP contribution < -0.4 is 5.19 Å². The maximum atomic E-state index is 7.41. The molecule has 0 saturated heterocycles. The Bertz CT molecular complexity index is 1220. The third-order valence-corrected chi connectivity index (χ3v) is 46.0. The Kier molecular flexibility index (Phi) is 17.4. The molecule has 1 aromatic rings. The Balaban J connectivity index is 3.08. The zero-order chi connectivity index (χ0) is 39.3. The zero-order valence-corrected chi connectivity index (χ0v) is 46.4. The van der Waals surface area contributed by atoms with Gasteiger partial charge in [0.15, 0.2) is 49.9 Å². The van der Waals surface area contributed by atoms with E-state index >= 15 is 0 Å². The third-order valence-electron chi connectivity index (χ3n) is 8.94. The monoisotopic (exact) mass is 864 g/mol. The van der Waals surface area contributed by atoms with Gasteiger partial charge in [0.2, 0.25) is 0 Å². The molecule has 16 heteroatoms. The van der Waals surface area contributed by atoms with Crippen LogP contribution in [0.4, 0.5) is 0 Å². The van der Waals surface area contributed by atoms with Gasteiger partial charge < -0.3 is 24.7 Å². The minimum atomic E-state index is -2.73. The van der Waals surface area contributed by atoms with Gasteiger partial charge in [-0.05, 0) is 147 Å². The highest BCUT2D eigenvalue weighted by molar-refractivity contribution is 6.96. The summed E-state index contributed by atoms with van der Waals surface area (Å²) in [5.41, 5.74) is 2.01. The van der Waals surface area contributed by atoms with Crippen molar-refractivity contribution >= 4 is 88.8 Å². The van der Waals surface area contributed by atoms with Gasteiger partial charge in [0.05, 0.1) is 0 Å². The van der Waals surface area contributed by atoms with E-state index in [9.17, 15) is 0 Å². The van der Waals surface area contributed by atoms with Crippen molar-refractivity contribution in [3.8, 4) is 0 Å². The molecule has 292 valence electrons. The third kappa shape index (κ3) is 20.0. The minimum Gasteiger partial charge on any atom is -0.437 e. The van der Waals surface area contributed by atoms with Crippen LogP contribution in [0.25, 0.3) is 0 Å². The van der Waals surface area contributed by atoms with E-state index in [4.69, 9.17) is 24.7 Å². The van der Waals surface area contributed by atoms with E-state index in [1.54, 1.807) is 0 Å². The van der Waals surface area contributed by atoms with Crippen LogP contribution in [0.1, 0.15) is 0 Å². The second-order valence-corrected chi connectivity index (χ2v) is 62.7. The zero-order valence-electron chi connectivity index (χ0n) is 36.4. The van der Waals surface area contributed by atoms with Crippen LogP contribution in [0.2, 0.25) is 167 Å². The molecule has 1 unspecified atom stereocenters. The van der Waals surface area contributed by atoms with Crippen molar-refractivity contribution in [2.24, 2.45) is 0 Å². The summed E-state index contributed by atoms with van der Waals surface area (Å²) in [5, 5.41) is 1.23. The second-order valence-electron chi connectivity index (χ2n) is 20.4. The van der Waals surface area contributed by atoms with Crippen molar-refractivity contribution in [3.05, 3.63) is 42.6 Å². The fourth-order valence-corrected chi connectivity index (χ4v) is 57.0. The van der Waals surface area contributed by atoms with Crippen LogP contribution in [0.3, 0.4) is 0 Å². The lowest BCUT2D eigenvalue weighted by atomic mass is 10.4. The largest absolute Gasteiger partial charge is 0.437 e. The fourth-order valence-electron chi connectivity index (χ4n) is 6.78. The van der Waals surface area contributed by atoms with Gasteiger partial charge in [-0.15, -0.1) is 6.58 Å². The molecule has 0 aliphatic heterocycles. The van der Waals surface area contributed by atoms with Gasteiger partial charge in [-0.25, -0.2) is 0 Å². The molecule has 0 N–H and O–H groups in total. The lowest BCUT2D eigenvalue weighted by Crippen LogP contribution is -2.62. The molecule has 0 saturated carbocycles. The summed E-state index contributed by atoms with van der Waals surface area (Å²) in [5.74, 6) is 0. The van der Waals surface area contributed by atoms with E-state index < -0.39 is 83.7 Å². The first kappa shape index (κ1) is 48.9. The molecule has 0 aliphatic rings. The summed E-state index contributed by atoms with van der Waals surface area (Å²) in [6, 6.07) is 17.6. The predicted octanol–water partition coefficient (Wildman–Crippen LogP) is 11.8. The van der Waals surface area contributed by atoms with Crippen LogP contribution in [0.15, 0.2) is 42.6 Å². The first-order valence-corrected chi connectivity index (χ1v) is 49.1. The van der Waals surface area contributed by atoms with Crippen molar-refractivity contribution in [2.75, 3.05) is 0 Å². The van der Waals surface area contributed by atoms with Gasteiger partial charge in [-0.1, -0.05) is 61.7 Å². The average molecular weight is 866 g/mol. The highest BCUT2D eigenvalue weighted by atomic mass is 28.5. The fraction of sp³-hybridized carbons (Fsp3) is 0.765. The first-order chi connectivity index (χ1) is 22.0. The van der Waals surface area contributed by atoms with Crippen molar-refractivity contribution in [2.45, 2.75) is 167 Å². The van der Waals surface area contributed by atoms with E-state index in [2.05, 4.69) is 168 Å². The van der Waals surface area contributed by atoms with Gasteiger partial charge in [-0.3, -0.25) is 0 Å². The molecule has 1 atom stereocenters. The SMILES string of the molecule is C=C[Si](C)(C)O[Si](C)(C)O[Si](C)(C)CC[Si](C)(C)O[Si](C)(O[Si](C)(C)CC[Si](C)(C)O[Si](C)(C)O[Si](C)(C)CC[Si](C)(C)C)c1ccccc1. The van der Waals surface area contributed by atoms with Crippen molar-refractivity contribution in [1.82, 2.24) is 0 Å². The molecular formula is C34H80O6Si10. The summed E-state index contributed by atoms with van der Waals surface area (Å²) in [4.78, 5) is 0. The summed E-state index contributed by atoms with van der Waals surface area (Å²) >= 11 is 0. The molecule has 0 fully saturated rings. The van der Waals surface area contributed by atoms with Gasteiger partial charge in [0.25, 0.3) is 0 Å². The minimum absolute atomic E-state index is 1.05. The van der Waals surface area contributed by atoms with Crippen LogP contribution >= 0.6 is 0 Å². The second kappa shape index (κ2) is 17.8. The Morgan fingerprint density at radius 1 is 0.420 bits per heavy atom. The maximum Gasteiger partial charge on any atom is 0.348 e. The summed E-state index contributed by atoms with van der Waals surface area (Å²) < 4.78 is 42.3. The molecule has 50 heavy (non-hydrogen) atoms. The standard InChI is InChI=1S/C34H80O6Si10/c1-22-42(5,6)35-48(17,18)37-44(9,10)30-32-46(13,14)39-50(21,34-26-24-23-25-27-34)40-47(15,16)33-31-45(11,12)38-49(19,20)36-43(7,8)29-28-41(2,3)4/h22-27H,1,28-33H2,2-21H3. The molecule has 0 aromatic heterocycles. The van der Waals surface area contributed by atoms with Crippen LogP contribution in [-0.2, 0) is 24.7 Å². The first-order valence-electron chi connectivity index (χ1n) is 18.9. The topological polar surface area (TPSA) is 55.4 Å². The molecule has 1 aromatic carbocycles. The summed E-state index contributed by atoms with van der Waals surface area (Å²) in [7, 11) is -20.3. The van der Waals surface area contributed by atoms with Crippen molar-refractivity contribution < 1.29 is 24.7 Å². The van der Waals surface area contributed by atoms with Gasteiger partial charge in [0.1, 0.15) is 0 Å². The predicted molar refractivity (Wildman–Crippen MR) is 246 cm³/mol. The molecule has 1 rings (SSSR count). The van der Waals surface area contributed by atoms with E-state index in [0.717, 1.165) is 24.2 Å². The number of rotatable bonds is 23. The lowest BCUT2D eigenvalue weighted by molar-refractivity contribution is 0.384. The number of hydrogen-bond donors (Lipinski definition) is 0. The Morgan fingerprint density at radius 2 is 0.720 bits per heavy atom. The molecule has 0 radical (unpaired) electrons. The van der Waals surface area contributed by atoms with Gasteiger partial charge in [-0.2, -0.15) is 0 Å². The van der Waals surface area contributed by atoms with E-state index in [-0.39, 0.29) is 0 Å². The molecule has 0 heterocycles. The van der Waals surface area contributed by atoms with E-state index in [0.29, 0.717) is 0 Å². The molecule has 0 amide bonds. The van der Waals surface area contributed by atoms with E-state index in [1.807, 2.05) is 5.70 Å². The van der Waals surface area contributed by atoms with Gasteiger partial charge >= 0.3 is 25.7 Å². The average Bonchev–Trinajstić information content (AvgIpc) is 2.87. The normalized spacial score (nSPS) is 16.0. The van der Waals surface area contributed by atoms with Crippen molar-refractivity contribution in [1.29, 1.82) is 0 Å². The number of benzene rings is 1. The van der Waals surface area contributed by atoms with Gasteiger partial charge in [0, 0.05) is 8.07 Å². The Hall–Kier alpha value is 0.889. The molecular weight excluding hydrogens is 785 g/mol. The number of hydrogen-bond acceptors (Lipinski definition) is 6. The highest BCUT2D eigenvalue weighted by Crippen LogP contribution is 2.33. The molecule has 0 bridgehead atoms. The molecule has 0 spiro atoms. The molecule has 6 nitrogen and oxygen atoms in total. The van der Waals surface area contributed by atoms with Crippen molar-refractivity contribution in [3.63, 3.8) is 0 Å². The smallest absolute Gasteiger partial charge is 0.348 e. The van der Waals surface area contributed by atoms with Crippen LogP contribution in [0, 0.1) is 0 Å². The lowest BCUT2D eigenvalue weighted by Gasteiger charge is -2.43. The van der Waals surface area contributed by atoms with Crippen LogP contribution in [-0.4, -0.2) is 83.7 Å².